The van der Waals surface area contributed by atoms with Crippen molar-refractivity contribution in [3.8, 4) is 0 Å². The topological polar surface area (TPSA) is 26.3 Å². The summed E-state index contributed by atoms with van der Waals surface area (Å²) in [7, 11) is 0. The molecule has 1 fully saturated rings. The third-order valence-corrected chi connectivity index (χ3v) is 5.44. The summed E-state index contributed by atoms with van der Waals surface area (Å²) in [6.45, 7) is 4.17. The van der Waals surface area contributed by atoms with Crippen molar-refractivity contribution < 1.29 is 9.53 Å². The summed E-state index contributed by atoms with van der Waals surface area (Å²) in [5.74, 6) is 3.90. The molecule has 1 heterocycles. The fraction of sp³-hybridized carbons (Fsp3) is 0.533. The van der Waals surface area contributed by atoms with Gasteiger partial charge in [-0.2, -0.15) is 23.5 Å². The van der Waals surface area contributed by atoms with Crippen LogP contribution in [0.5, 0.6) is 0 Å². The number of hydrogen-bond donors (Lipinski definition) is 0. The van der Waals surface area contributed by atoms with E-state index in [1.807, 2.05) is 54.7 Å². The first-order valence-corrected chi connectivity index (χ1v) is 8.92. The fourth-order valence-corrected chi connectivity index (χ4v) is 3.96. The minimum Gasteiger partial charge on any atom is -0.455 e. The van der Waals surface area contributed by atoms with Crippen molar-refractivity contribution in [2.75, 3.05) is 17.3 Å². The smallest absolute Gasteiger partial charge is 0.338 e. The Balaban J connectivity index is 1.95. The number of thioether (sulfide) groups is 2. The van der Waals surface area contributed by atoms with Gasteiger partial charge in [-0.3, -0.25) is 0 Å². The van der Waals surface area contributed by atoms with Crippen LogP contribution in [-0.2, 0) is 10.5 Å². The lowest BCUT2D eigenvalue weighted by Gasteiger charge is -2.23. The van der Waals surface area contributed by atoms with Gasteiger partial charge in [-0.1, -0.05) is 19.1 Å². The summed E-state index contributed by atoms with van der Waals surface area (Å²) in [5, 5.41) is 0. The van der Waals surface area contributed by atoms with Crippen LogP contribution in [-0.4, -0.2) is 28.8 Å². The Morgan fingerprint density at radius 1 is 1.42 bits per heavy atom. The van der Waals surface area contributed by atoms with Crippen LogP contribution >= 0.6 is 23.5 Å². The minimum absolute atomic E-state index is 0.195. The molecule has 0 saturated carbocycles. The highest BCUT2D eigenvalue weighted by Gasteiger charge is 2.33. The first-order valence-electron chi connectivity index (χ1n) is 6.61. The van der Waals surface area contributed by atoms with Gasteiger partial charge >= 0.3 is 5.97 Å². The van der Waals surface area contributed by atoms with Crippen molar-refractivity contribution in [3.63, 3.8) is 0 Å². The zero-order chi connectivity index (χ0) is 13.7. The largest absolute Gasteiger partial charge is 0.455 e. The van der Waals surface area contributed by atoms with E-state index in [9.17, 15) is 4.79 Å². The number of carbonyl (C=O) groups is 1. The van der Waals surface area contributed by atoms with Crippen LogP contribution in [0.3, 0.4) is 0 Å². The van der Waals surface area contributed by atoms with Crippen LogP contribution in [0.15, 0.2) is 24.3 Å². The molecule has 2 nitrogen and oxygen atoms in total. The Morgan fingerprint density at radius 3 is 2.74 bits per heavy atom. The van der Waals surface area contributed by atoms with Gasteiger partial charge in [0, 0.05) is 11.5 Å². The Bertz CT molecular complexity index is 422. The van der Waals surface area contributed by atoms with Crippen molar-refractivity contribution in [3.05, 3.63) is 35.4 Å². The average molecular weight is 296 g/mol. The second-order valence-corrected chi connectivity index (χ2v) is 7.36. The molecule has 0 N–H and O–H groups in total. The third-order valence-electron chi connectivity index (χ3n) is 3.18. The molecule has 4 heteroatoms. The van der Waals surface area contributed by atoms with Gasteiger partial charge in [0.2, 0.25) is 0 Å². The summed E-state index contributed by atoms with van der Waals surface area (Å²) < 4.78 is 5.64. The van der Waals surface area contributed by atoms with Crippen molar-refractivity contribution in [1.82, 2.24) is 0 Å². The molecule has 0 radical (unpaired) electrons. The molecule has 1 unspecified atom stereocenters. The van der Waals surface area contributed by atoms with Crippen LogP contribution in [0.4, 0.5) is 0 Å². The summed E-state index contributed by atoms with van der Waals surface area (Å²) in [6, 6.07) is 7.79. The highest BCUT2D eigenvalue weighted by atomic mass is 32.2. The lowest BCUT2D eigenvalue weighted by atomic mass is 10.1. The monoisotopic (exact) mass is 296 g/mol. The van der Waals surface area contributed by atoms with E-state index in [1.165, 1.54) is 5.56 Å². The summed E-state index contributed by atoms with van der Waals surface area (Å²) in [5.41, 5.74) is 1.63. The zero-order valence-corrected chi connectivity index (χ0v) is 13.1. The molecular formula is C15H20O2S2. The second kappa shape index (κ2) is 6.71. The molecule has 0 bridgehead atoms. The van der Waals surface area contributed by atoms with E-state index < -0.39 is 0 Å². The van der Waals surface area contributed by atoms with Gasteiger partial charge in [0.1, 0.15) is 5.60 Å². The lowest BCUT2D eigenvalue weighted by Crippen LogP contribution is -2.31. The van der Waals surface area contributed by atoms with Crippen molar-refractivity contribution in [2.45, 2.75) is 31.6 Å². The molecule has 1 aliphatic heterocycles. The summed E-state index contributed by atoms with van der Waals surface area (Å²) >= 11 is 3.73. The average Bonchev–Trinajstić information content (AvgIpc) is 2.83. The molecular weight excluding hydrogens is 276 g/mol. The third kappa shape index (κ3) is 4.18. The van der Waals surface area contributed by atoms with E-state index in [2.05, 4.69) is 6.92 Å². The van der Waals surface area contributed by atoms with E-state index in [0.717, 1.165) is 29.4 Å². The van der Waals surface area contributed by atoms with E-state index >= 15 is 0 Å². The molecule has 0 amide bonds. The maximum Gasteiger partial charge on any atom is 0.338 e. The van der Waals surface area contributed by atoms with E-state index in [1.54, 1.807) is 0 Å². The fourth-order valence-electron chi connectivity index (χ4n) is 1.97. The van der Waals surface area contributed by atoms with Gasteiger partial charge in [-0.25, -0.2) is 4.79 Å². The van der Waals surface area contributed by atoms with Crippen LogP contribution in [0.2, 0.25) is 0 Å². The Morgan fingerprint density at radius 2 is 2.16 bits per heavy atom. The SMILES string of the molecule is CCSCc1ccc(C(=O)OC2(C)CCSC2)cc1. The number of esters is 1. The molecule has 0 spiro atoms. The molecule has 1 saturated heterocycles. The predicted octanol–water partition coefficient (Wildman–Crippen LogP) is 3.99. The maximum atomic E-state index is 12.1. The van der Waals surface area contributed by atoms with Gasteiger partial charge in [-0.15, -0.1) is 0 Å². The van der Waals surface area contributed by atoms with Gasteiger partial charge in [0.15, 0.2) is 0 Å². The molecule has 1 aliphatic rings. The van der Waals surface area contributed by atoms with Gasteiger partial charge < -0.3 is 4.74 Å². The highest BCUT2D eigenvalue weighted by molar-refractivity contribution is 7.99. The van der Waals surface area contributed by atoms with Crippen LogP contribution in [0, 0.1) is 0 Å². The highest BCUT2D eigenvalue weighted by Crippen LogP contribution is 2.31. The van der Waals surface area contributed by atoms with Gasteiger partial charge in [-0.05, 0) is 42.5 Å². The quantitative estimate of drug-likeness (QED) is 0.767. The predicted molar refractivity (Wildman–Crippen MR) is 84.0 cm³/mol. The number of carbonyl (C=O) groups excluding carboxylic acids is 1. The molecule has 0 aliphatic carbocycles. The van der Waals surface area contributed by atoms with E-state index in [-0.39, 0.29) is 11.6 Å². The molecule has 2 rings (SSSR count). The van der Waals surface area contributed by atoms with E-state index in [4.69, 9.17) is 4.74 Å². The zero-order valence-electron chi connectivity index (χ0n) is 11.5. The van der Waals surface area contributed by atoms with Crippen molar-refractivity contribution in [2.24, 2.45) is 0 Å². The summed E-state index contributed by atoms with van der Waals surface area (Å²) in [4.78, 5) is 12.1. The number of ether oxygens (including phenoxy) is 1. The first kappa shape index (κ1) is 14.8. The Kier molecular flexibility index (Phi) is 5.22. The van der Waals surface area contributed by atoms with Crippen LogP contribution in [0.25, 0.3) is 0 Å². The second-order valence-electron chi connectivity index (χ2n) is 4.98. The van der Waals surface area contributed by atoms with Gasteiger partial charge in [0.05, 0.1) is 5.56 Å². The van der Waals surface area contributed by atoms with E-state index in [0.29, 0.717) is 5.56 Å². The number of benzene rings is 1. The maximum absolute atomic E-state index is 12.1. The standard InChI is InChI=1S/C15H20O2S2/c1-3-18-10-12-4-6-13(7-5-12)14(16)17-15(2)8-9-19-11-15/h4-7H,3,8-11H2,1-2H3. The summed E-state index contributed by atoms with van der Waals surface area (Å²) in [6.07, 6.45) is 0.953. The lowest BCUT2D eigenvalue weighted by molar-refractivity contribution is 0.00246. The molecule has 19 heavy (non-hydrogen) atoms. The van der Waals surface area contributed by atoms with Crippen molar-refractivity contribution in [1.29, 1.82) is 0 Å². The molecule has 1 atom stereocenters. The molecule has 1 aromatic rings. The van der Waals surface area contributed by atoms with Crippen LogP contribution < -0.4 is 0 Å². The van der Waals surface area contributed by atoms with Gasteiger partial charge in [0.25, 0.3) is 0 Å². The normalized spacial score (nSPS) is 22.4. The van der Waals surface area contributed by atoms with Crippen LogP contribution in [0.1, 0.15) is 36.2 Å². The Labute approximate surface area is 123 Å². The number of hydrogen-bond acceptors (Lipinski definition) is 4. The first-order chi connectivity index (χ1) is 9.13. The Hall–Kier alpha value is -0.610. The number of rotatable bonds is 5. The molecule has 1 aromatic carbocycles. The minimum atomic E-state index is -0.279. The van der Waals surface area contributed by atoms with Crippen molar-refractivity contribution >= 4 is 29.5 Å². The molecule has 0 aromatic heterocycles. The molecule has 104 valence electrons.